The van der Waals surface area contributed by atoms with Crippen LogP contribution in [0.3, 0.4) is 0 Å². The second kappa shape index (κ2) is 6.20. The highest BCUT2D eigenvalue weighted by Gasteiger charge is 2.44. The molecule has 0 saturated carbocycles. The lowest BCUT2D eigenvalue weighted by Crippen LogP contribution is -2.54. The van der Waals surface area contributed by atoms with Gasteiger partial charge in [0.15, 0.2) is 0 Å². The number of anilines is 1. The van der Waals surface area contributed by atoms with E-state index in [2.05, 4.69) is 5.32 Å². The molecule has 0 spiro atoms. The van der Waals surface area contributed by atoms with Gasteiger partial charge >= 0.3 is 12.1 Å². The van der Waals surface area contributed by atoms with Crippen molar-refractivity contribution in [3.63, 3.8) is 0 Å². The van der Waals surface area contributed by atoms with Gasteiger partial charge in [0.05, 0.1) is 5.69 Å². The number of nitrogens with one attached hydrogen (secondary N) is 2. The number of para-hydroxylation sites is 1. The van der Waals surface area contributed by atoms with Crippen molar-refractivity contribution in [3.05, 3.63) is 24.3 Å². The van der Waals surface area contributed by atoms with E-state index >= 15 is 0 Å². The first-order valence-corrected chi connectivity index (χ1v) is 7.52. The van der Waals surface area contributed by atoms with Crippen LogP contribution in [0.4, 0.5) is 18.9 Å². The predicted octanol–water partition coefficient (Wildman–Crippen LogP) is 2.80. The molecule has 0 aliphatic carbocycles. The molecule has 2 unspecified atom stereocenters. The minimum atomic E-state index is -5.02. The molecule has 1 aromatic carbocycles. The first-order valence-electron chi connectivity index (χ1n) is 6.64. The standard InChI is InChI=1S/C14H15F3N2O2S/c1-7(2)11-10(19-13(21)14(15,16)17)12(20)18-8-5-3-4-6-9(8)22-11/h3-7,10-11H,1-2H3,(H,18,20)(H,19,21). The fraction of sp³-hybridized carbons (Fsp3) is 0.429. The number of alkyl halides is 3. The molecule has 1 aromatic rings. The van der Waals surface area contributed by atoms with Crippen molar-refractivity contribution in [3.8, 4) is 0 Å². The van der Waals surface area contributed by atoms with E-state index in [1.165, 1.54) is 11.8 Å². The van der Waals surface area contributed by atoms with Crippen LogP contribution in [-0.4, -0.2) is 29.3 Å². The van der Waals surface area contributed by atoms with E-state index in [1.807, 2.05) is 5.32 Å². The molecule has 1 heterocycles. The van der Waals surface area contributed by atoms with E-state index in [0.29, 0.717) is 5.69 Å². The number of amides is 2. The number of rotatable bonds is 2. The Bertz CT molecular complexity index is 590. The first-order chi connectivity index (χ1) is 10.2. The Kier molecular flexibility index (Phi) is 4.69. The zero-order chi connectivity index (χ0) is 16.5. The van der Waals surface area contributed by atoms with Crippen molar-refractivity contribution in [1.29, 1.82) is 0 Å². The Morgan fingerprint density at radius 2 is 1.95 bits per heavy atom. The van der Waals surface area contributed by atoms with E-state index < -0.39 is 29.3 Å². The molecule has 0 aromatic heterocycles. The maximum absolute atomic E-state index is 12.5. The van der Waals surface area contributed by atoms with Gasteiger partial charge in [-0.3, -0.25) is 9.59 Å². The third-order valence-corrected chi connectivity index (χ3v) is 4.92. The maximum Gasteiger partial charge on any atom is 0.471 e. The summed E-state index contributed by atoms with van der Waals surface area (Å²) in [6.45, 7) is 3.59. The average Bonchev–Trinajstić information content (AvgIpc) is 2.55. The van der Waals surface area contributed by atoms with Crippen molar-refractivity contribution in [2.24, 2.45) is 5.92 Å². The normalized spacial score (nSPS) is 21.8. The SMILES string of the molecule is CC(C)C1Sc2ccccc2NC(=O)C1NC(=O)C(F)(F)F. The smallest absolute Gasteiger partial charge is 0.335 e. The molecule has 0 radical (unpaired) electrons. The molecule has 120 valence electrons. The molecule has 8 heteroatoms. The van der Waals surface area contributed by atoms with Crippen molar-refractivity contribution in [2.45, 2.75) is 36.2 Å². The summed E-state index contributed by atoms with van der Waals surface area (Å²) < 4.78 is 37.4. The van der Waals surface area contributed by atoms with E-state index in [1.54, 1.807) is 38.1 Å². The van der Waals surface area contributed by atoms with Gasteiger partial charge in [-0.1, -0.05) is 26.0 Å². The number of halogens is 3. The average molecular weight is 332 g/mol. The Morgan fingerprint density at radius 1 is 1.32 bits per heavy atom. The number of hydrogen-bond donors (Lipinski definition) is 2. The number of carbonyl (C=O) groups excluding carboxylic acids is 2. The van der Waals surface area contributed by atoms with E-state index in [9.17, 15) is 22.8 Å². The van der Waals surface area contributed by atoms with Gasteiger partial charge in [-0.15, -0.1) is 11.8 Å². The summed E-state index contributed by atoms with van der Waals surface area (Å²) >= 11 is 1.28. The lowest BCUT2D eigenvalue weighted by molar-refractivity contribution is -0.174. The Morgan fingerprint density at radius 3 is 2.55 bits per heavy atom. The topological polar surface area (TPSA) is 58.2 Å². The minimum Gasteiger partial charge on any atom is -0.335 e. The molecule has 2 amide bonds. The second-order valence-corrected chi connectivity index (χ2v) is 6.48. The Labute approximate surface area is 129 Å². The van der Waals surface area contributed by atoms with Crippen LogP contribution in [-0.2, 0) is 9.59 Å². The van der Waals surface area contributed by atoms with Gasteiger partial charge in [-0.05, 0) is 18.1 Å². The summed E-state index contributed by atoms with van der Waals surface area (Å²) in [6, 6.07) is 5.70. The van der Waals surface area contributed by atoms with Crippen molar-refractivity contribution in [1.82, 2.24) is 5.32 Å². The zero-order valence-electron chi connectivity index (χ0n) is 11.9. The highest BCUT2D eigenvalue weighted by molar-refractivity contribution is 8.00. The molecular formula is C14H15F3N2O2S. The number of benzene rings is 1. The molecule has 0 saturated heterocycles. The third kappa shape index (κ3) is 3.55. The lowest BCUT2D eigenvalue weighted by atomic mass is 10.0. The van der Waals surface area contributed by atoms with Crippen LogP contribution >= 0.6 is 11.8 Å². The molecule has 2 atom stereocenters. The third-order valence-electron chi connectivity index (χ3n) is 3.22. The molecule has 1 aliphatic rings. The number of fused-ring (bicyclic) bond motifs is 1. The summed E-state index contributed by atoms with van der Waals surface area (Å²) in [7, 11) is 0. The molecule has 2 N–H and O–H groups in total. The first kappa shape index (κ1) is 16.7. The van der Waals surface area contributed by atoms with Crippen LogP contribution in [0.2, 0.25) is 0 Å². The summed E-state index contributed by atoms with van der Waals surface area (Å²) in [5.41, 5.74) is 0.534. The number of carbonyl (C=O) groups is 2. The summed E-state index contributed by atoms with van der Waals surface area (Å²) in [5, 5.41) is 3.89. The van der Waals surface area contributed by atoms with Crippen molar-refractivity contribution >= 4 is 29.3 Å². The fourth-order valence-electron chi connectivity index (χ4n) is 2.14. The van der Waals surface area contributed by atoms with E-state index in [-0.39, 0.29) is 5.92 Å². The van der Waals surface area contributed by atoms with Gasteiger partial charge in [0, 0.05) is 10.1 Å². The van der Waals surface area contributed by atoms with Gasteiger partial charge in [-0.2, -0.15) is 13.2 Å². The Balaban J connectivity index is 2.32. The van der Waals surface area contributed by atoms with Crippen LogP contribution in [0.5, 0.6) is 0 Å². The van der Waals surface area contributed by atoms with Crippen LogP contribution in [0, 0.1) is 5.92 Å². The van der Waals surface area contributed by atoms with Gasteiger partial charge in [0.1, 0.15) is 6.04 Å². The van der Waals surface area contributed by atoms with Crippen LogP contribution in [0.1, 0.15) is 13.8 Å². The monoisotopic (exact) mass is 332 g/mol. The highest BCUT2D eigenvalue weighted by Crippen LogP contribution is 2.38. The van der Waals surface area contributed by atoms with Gasteiger partial charge < -0.3 is 10.6 Å². The van der Waals surface area contributed by atoms with Crippen molar-refractivity contribution in [2.75, 3.05) is 5.32 Å². The molecule has 1 aliphatic heterocycles. The minimum absolute atomic E-state index is 0.111. The molecule has 2 rings (SSSR count). The van der Waals surface area contributed by atoms with E-state index in [0.717, 1.165) is 4.90 Å². The van der Waals surface area contributed by atoms with Gasteiger partial charge in [0.2, 0.25) is 5.91 Å². The van der Waals surface area contributed by atoms with Crippen LogP contribution in [0.15, 0.2) is 29.2 Å². The number of thioether (sulfide) groups is 1. The fourth-order valence-corrected chi connectivity index (χ4v) is 3.44. The zero-order valence-corrected chi connectivity index (χ0v) is 12.7. The largest absolute Gasteiger partial charge is 0.471 e. The molecule has 0 fully saturated rings. The van der Waals surface area contributed by atoms with Crippen LogP contribution < -0.4 is 10.6 Å². The van der Waals surface area contributed by atoms with E-state index in [4.69, 9.17) is 0 Å². The molecular weight excluding hydrogens is 317 g/mol. The summed E-state index contributed by atoms with van der Waals surface area (Å²) in [4.78, 5) is 24.2. The van der Waals surface area contributed by atoms with Gasteiger partial charge in [0.25, 0.3) is 0 Å². The molecule has 0 bridgehead atoms. The van der Waals surface area contributed by atoms with Crippen molar-refractivity contribution < 1.29 is 22.8 Å². The number of hydrogen-bond acceptors (Lipinski definition) is 3. The Hall–Kier alpha value is -1.70. The van der Waals surface area contributed by atoms with Crippen LogP contribution in [0.25, 0.3) is 0 Å². The summed E-state index contributed by atoms with van der Waals surface area (Å²) in [5.74, 6) is -2.86. The molecule has 22 heavy (non-hydrogen) atoms. The second-order valence-electron chi connectivity index (χ2n) is 5.26. The van der Waals surface area contributed by atoms with Gasteiger partial charge in [-0.25, -0.2) is 0 Å². The molecule has 4 nitrogen and oxygen atoms in total. The quantitative estimate of drug-likeness (QED) is 0.875. The summed E-state index contributed by atoms with van der Waals surface area (Å²) in [6.07, 6.45) is -5.02. The predicted molar refractivity (Wildman–Crippen MR) is 77.5 cm³/mol. The highest BCUT2D eigenvalue weighted by atomic mass is 32.2. The maximum atomic E-state index is 12.5. The lowest BCUT2D eigenvalue weighted by Gasteiger charge is -2.27.